The Bertz CT molecular complexity index is 1670. The number of ether oxygens (including phenoxy) is 3. The van der Waals surface area contributed by atoms with Crippen molar-refractivity contribution < 1.29 is 28.6 Å². The maximum Gasteiger partial charge on any atom is 0.306 e. The molecule has 1 unspecified atom stereocenters. The summed E-state index contributed by atoms with van der Waals surface area (Å²) in [5.41, 5.74) is 0. The van der Waals surface area contributed by atoms with Crippen LogP contribution in [0.3, 0.4) is 0 Å². The Hall–Kier alpha value is -4.45. The highest BCUT2D eigenvalue weighted by molar-refractivity contribution is 5.71. The highest BCUT2D eigenvalue weighted by atomic mass is 16.6. The number of rotatable bonds is 57. The van der Waals surface area contributed by atoms with Gasteiger partial charge in [-0.25, -0.2) is 0 Å². The summed E-state index contributed by atoms with van der Waals surface area (Å²) >= 11 is 0. The Kier molecular flexibility index (Phi) is 61.4. The first kappa shape index (κ1) is 73.5. The number of esters is 3. The molecule has 0 aliphatic rings. The fourth-order valence-electron chi connectivity index (χ4n) is 8.59. The quantitative estimate of drug-likeness (QED) is 0.0261. The Balaban J connectivity index is 4.39. The summed E-state index contributed by atoms with van der Waals surface area (Å²) in [4.78, 5) is 38.4. The molecule has 78 heavy (non-hydrogen) atoms. The van der Waals surface area contributed by atoms with Crippen molar-refractivity contribution in [2.75, 3.05) is 13.2 Å². The molecule has 0 fully saturated rings. The van der Waals surface area contributed by atoms with Crippen molar-refractivity contribution in [3.63, 3.8) is 0 Å². The lowest BCUT2D eigenvalue weighted by molar-refractivity contribution is -0.167. The molecule has 0 aromatic rings. The van der Waals surface area contributed by atoms with E-state index in [9.17, 15) is 14.4 Å². The molecule has 442 valence electrons. The summed E-state index contributed by atoms with van der Waals surface area (Å²) in [6, 6.07) is 0. The Labute approximate surface area is 481 Å². The van der Waals surface area contributed by atoms with E-state index >= 15 is 0 Å². The highest BCUT2D eigenvalue weighted by Gasteiger charge is 2.19. The van der Waals surface area contributed by atoms with E-state index in [1.165, 1.54) is 89.9 Å². The zero-order chi connectivity index (χ0) is 56.4. The van der Waals surface area contributed by atoms with Crippen LogP contribution in [0.25, 0.3) is 0 Å². The van der Waals surface area contributed by atoms with Gasteiger partial charge in [0, 0.05) is 19.3 Å². The summed E-state index contributed by atoms with van der Waals surface area (Å²) < 4.78 is 16.9. The molecule has 0 aromatic carbocycles. The first-order valence-electron chi connectivity index (χ1n) is 32.2. The van der Waals surface area contributed by atoms with Crippen molar-refractivity contribution >= 4 is 17.9 Å². The van der Waals surface area contributed by atoms with Crippen LogP contribution in [0.2, 0.25) is 0 Å². The molecule has 6 heteroatoms. The molecule has 1 atom stereocenters. The van der Waals surface area contributed by atoms with E-state index in [2.05, 4.69) is 154 Å². The first-order chi connectivity index (χ1) is 38.5. The largest absolute Gasteiger partial charge is 0.462 e. The van der Waals surface area contributed by atoms with Gasteiger partial charge in [0.15, 0.2) is 6.10 Å². The van der Waals surface area contributed by atoms with Crippen molar-refractivity contribution in [3.8, 4) is 0 Å². The average Bonchev–Trinajstić information content (AvgIpc) is 3.44. The number of carbonyl (C=O) groups is 3. The van der Waals surface area contributed by atoms with Crippen LogP contribution < -0.4 is 0 Å². The van der Waals surface area contributed by atoms with Gasteiger partial charge < -0.3 is 14.2 Å². The monoisotopic (exact) mass is 1080 g/mol. The SMILES string of the molecule is CC/C=C\C/C=C\C/C=C\C/C=C\C/C=C\CCCCCCCCCCCC(=O)OCC(COC(=O)CCCCCCC/C=C\C/C=C\CCCC)OC(=O)CCCCCCCCCC/C=C\C/C=C\C/C=C\C/C=C\CC. The van der Waals surface area contributed by atoms with Gasteiger partial charge in [0.25, 0.3) is 0 Å². The van der Waals surface area contributed by atoms with Crippen LogP contribution in [-0.4, -0.2) is 37.2 Å². The summed E-state index contributed by atoms with van der Waals surface area (Å²) in [7, 11) is 0. The van der Waals surface area contributed by atoms with Crippen LogP contribution in [0.15, 0.2) is 134 Å². The van der Waals surface area contributed by atoms with Crippen LogP contribution in [0.4, 0.5) is 0 Å². The Morgan fingerprint density at radius 3 is 0.782 bits per heavy atom. The number of hydrogen-bond donors (Lipinski definition) is 0. The molecule has 0 saturated carbocycles. The van der Waals surface area contributed by atoms with Gasteiger partial charge >= 0.3 is 17.9 Å². The first-order valence-corrected chi connectivity index (χ1v) is 32.2. The summed E-state index contributed by atoms with van der Waals surface area (Å²) in [5, 5.41) is 0. The third-order valence-corrected chi connectivity index (χ3v) is 13.4. The maximum absolute atomic E-state index is 12.9. The molecule has 6 nitrogen and oxygen atoms in total. The van der Waals surface area contributed by atoms with E-state index in [0.29, 0.717) is 19.3 Å². The smallest absolute Gasteiger partial charge is 0.306 e. The second-order valence-corrected chi connectivity index (χ2v) is 20.9. The van der Waals surface area contributed by atoms with Gasteiger partial charge in [0.2, 0.25) is 0 Å². The number of carbonyl (C=O) groups excluding carboxylic acids is 3. The van der Waals surface area contributed by atoms with Gasteiger partial charge in [0.1, 0.15) is 13.2 Å². The molecule has 0 aromatic heterocycles. The fraction of sp³-hybridized carbons (Fsp3) is 0.653. The molecule has 0 amide bonds. The zero-order valence-corrected chi connectivity index (χ0v) is 50.6. The predicted molar refractivity (Wildman–Crippen MR) is 339 cm³/mol. The van der Waals surface area contributed by atoms with E-state index in [0.717, 1.165) is 154 Å². The third kappa shape index (κ3) is 62.4. The van der Waals surface area contributed by atoms with Crippen molar-refractivity contribution in [1.82, 2.24) is 0 Å². The zero-order valence-electron chi connectivity index (χ0n) is 50.6. The van der Waals surface area contributed by atoms with Crippen molar-refractivity contribution in [2.45, 2.75) is 290 Å². The second kappa shape index (κ2) is 65.1. The molecule has 0 spiro atoms. The molecule has 0 heterocycles. The van der Waals surface area contributed by atoms with Gasteiger partial charge in [-0.05, 0) is 128 Å². The Morgan fingerprint density at radius 1 is 0.269 bits per heavy atom. The summed E-state index contributed by atoms with van der Waals surface area (Å²) in [6.07, 6.45) is 91.6. The molecule has 0 rings (SSSR count). The van der Waals surface area contributed by atoms with E-state index in [1.807, 2.05) is 0 Å². The van der Waals surface area contributed by atoms with Gasteiger partial charge in [-0.1, -0.05) is 270 Å². The Morgan fingerprint density at radius 2 is 0.500 bits per heavy atom. The number of hydrogen-bond acceptors (Lipinski definition) is 6. The van der Waals surface area contributed by atoms with E-state index < -0.39 is 6.10 Å². The van der Waals surface area contributed by atoms with Crippen LogP contribution >= 0.6 is 0 Å². The van der Waals surface area contributed by atoms with Crippen LogP contribution in [0, 0.1) is 0 Å². The topological polar surface area (TPSA) is 78.9 Å². The molecule has 0 bridgehead atoms. The highest BCUT2D eigenvalue weighted by Crippen LogP contribution is 2.15. The number of allylic oxidation sites excluding steroid dienone is 22. The van der Waals surface area contributed by atoms with E-state index in [-0.39, 0.29) is 31.1 Å². The number of unbranched alkanes of at least 4 members (excludes halogenated alkanes) is 24. The minimum Gasteiger partial charge on any atom is -0.462 e. The molecule has 0 radical (unpaired) electrons. The lowest BCUT2D eigenvalue weighted by Crippen LogP contribution is -2.30. The molecular formula is C72H118O6. The lowest BCUT2D eigenvalue weighted by Gasteiger charge is -2.18. The van der Waals surface area contributed by atoms with E-state index in [4.69, 9.17) is 14.2 Å². The van der Waals surface area contributed by atoms with Gasteiger partial charge in [0.05, 0.1) is 0 Å². The minimum atomic E-state index is -0.797. The van der Waals surface area contributed by atoms with Crippen LogP contribution in [-0.2, 0) is 28.6 Å². The van der Waals surface area contributed by atoms with Gasteiger partial charge in [-0.3, -0.25) is 14.4 Å². The standard InChI is InChI=1S/C72H118O6/c1-4-7-10-13-16-19-22-25-28-30-32-34-35-36-37-39-40-42-44-47-50-53-56-59-62-65-71(74)77-68-69(67-76-70(73)64-61-58-55-52-49-46-27-24-21-18-15-12-9-6-3)78-72(75)66-63-60-57-54-51-48-45-43-41-38-33-31-29-26-23-20-17-14-11-8-5-2/h7-8,10-11,15-20,24-29,32-34,36-38,69H,4-6,9,12-14,21-23,30-31,35,39-68H2,1-3H3/b10-7-,11-8-,18-15-,19-16-,20-17-,27-24-,28-25-,29-26-,34-32-,37-36-,38-33-. The minimum absolute atomic E-state index is 0.0925. The maximum atomic E-state index is 12.9. The second-order valence-electron chi connectivity index (χ2n) is 20.9. The van der Waals surface area contributed by atoms with Crippen molar-refractivity contribution in [3.05, 3.63) is 134 Å². The lowest BCUT2D eigenvalue weighted by atomic mass is 10.1. The average molecular weight is 1080 g/mol. The van der Waals surface area contributed by atoms with Crippen molar-refractivity contribution in [2.24, 2.45) is 0 Å². The predicted octanol–water partition coefficient (Wildman–Crippen LogP) is 22.2. The summed E-state index contributed by atoms with van der Waals surface area (Å²) in [6.45, 7) is 6.36. The van der Waals surface area contributed by atoms with Gasteiger partial charge in [-0.2, -0.15) is 0 Å². The fourth-order valence-corrected chi connectivity index (χ4v) is 8.59. The molecule has 0 N–H and O–H groups in total. The molecule has 0 saturated heterocycles. The van der Waals surface area contributed by atoms with E-state index in [1.54, 1.807) is 0 Å². The van der Waals surface area contributed by atoms with Crippen molar-refractivity contribution in [1.29, 1.82) is 0 Å². The van der Waals surface area contributed by atoms with Crippen LogP contribution in [0.5, 0.6) is 0 Å². The van der Waals surface area contributed by atoms with Gasteiger partial charge in [-0.15, -0.1) is 0 Å². The normalized spacial score (nSPS) is 13.0. The molecule has 0 aliphatic heterocycles. The third-order valence-electron chi connectivity index (χ3n) is 13.4. The van der Waals surface area contributed by atoms with Crippen LogP contribution in [0.1, 0.15) is 284 Å². The molecular weight excluding hydrogens is 961 g/mol. The molecule has 0 aliphatic carbocycles. The summed E-state index contributed by atoms with van der Waals surface area (Å²) in [5.74, 6) is -0.917.